The van der Waals surface area contributed by atoms with Crippen molar-refractivity contribution in [3.8, 4) is 0 Å². The van der Waals surface area contributed by atoms with Gasteiger partial charge in [0.05, 0.1) is 5.92 Å². The van der Waals surface area contributed by atoms with Gasteiger partial charge in [0, 0.05) is 13.1 Å². The highest BCUT2D eigenvalue weighted by Crippen LogP contribution is 2.28. The first-order valence-electron chi connectivity index (χ1n) is 5.36. The van der Waals surface area contributed by atoms with Crippen LogP contribution in [0.4, 0.5) is 0 Å². The number of aliphatic carboxylic acids is 1. The van der Waals surface area contributed by atoms with Gasteiger partial charge in [-0.05, 0) is 24.8 Å². The molecule has 82 valence electrons. The second kappa shape index (κ2) is 4.30. The Hall–Kier alpha value is -0.570. The lowest BCUT2D eigenvalue weighted by molar-refractivity contribution is -0.141. The Bertz CT molecular complexity index is 205. The maximum atomic E-state index is 10.5. The van der Waals surface area contributed by atoms with Crippen molar-refractivity contribution < 1.29 is 9.90 Å². The Labute approximate surface area is 86.1 Å². The first-order valence-corrected chi connectivity index (χ1v) is 5.36. The number of rotatable bonds is 5. The second-order valence-corrected chi connectivity index (χ2v) is 5.26. The lowest BCUT2D eigenvalue weighted by atomic mass is 9.84. The number of hydrogen-bond acceptors (Lipinski definition) is 2. The van der Waals surface area contributed by atoms with E-state index >= 15 is 0 Å². The monoisotopic (exact) mass is 199 g/mol. The molecule has 1 saturated heterocycles. The molecule has 0 aromatic rings. The molecule has 1 aliphatic heterocycles. The van der Waals surface area contributed by atoms with E-state index in [1.807, 2.05) is 0 Å². The molecule has 0 aliphatic carbocycles. The van der Waals surface area contributed by atoms with Crippen LogP contribution in [0.5, 0.6) is 0 Å². The van der Waals surface area contributed by atoms with Gasteiger partial charge in [-0.25, -0.2) is 0 Å². The molecule has 0 aromatic heterocycles. The third kappa shape index (κ3) is 3.29. The Morgan fingerprint density at radius 1 is 1.50 bits per heavy atom. The fourth-order valence-corrected chi connectivity index (χ4v) is 2.07. The Balaban J connectivity index is 2.03. The SMILES string of the molecule is CC(CCCN1CC(C)(C)C1)C(=O)O. The summed E-state index contributed by atoms with van der Waals surface area (Å²) in [6.07, 6.45) is 1.80. The standard InChI is InChI=1S/C11H21NO2/c1-9(10(13)14)5-4-6-12-7-11(2,3)8-12/h9H,4-8H2,1-3H3,(H,13,14). The van der Waals surface area contributed by atoms with E-state index in [2.05, 4.69) is 18.7 Å². The Morgan fingerprint density at radius 3 is 2.50 bits per heavy atom. The zero-order chi connectivity index (χ0) is 10.8. The fourth-order valence-electron chi connectivity index (χ4n) is 2.07. The minimum atomic E-state index is -0.672. The van der Waals surface area contributed by atoms with Crippen molar-refractivity contribution in [2.24, 2.45) is 11.3 Å². The summed E-state index contributed by atoms with van der Waals surface area (Å²) < 4.78 is 0. The summed E-state index contributed by atoms with van der Waals surface area (Å²) in [5, 5.41) is 8.69. The topological polar surface area (TPSA) is 40.5 Å². The van der Waals surface area contributed by atoms with Gasteiger partial charge in [-0.2, -0.15) is 0 Å². The number of likely N-dealkylation sites (tertiary alicyclic amines) is 1. The summed E-state index contributed by atoms with van der Waals surface area (Å²) in [6, 6.07) is 0. The van der Waals surface area contributed by atoms with Crippen LogP contribution in [0.2, 0.25) is 0 Å². The lowest BCUT2D eigenvalue weighted by Gasteiger charge is -2.46. The smallest absolute Gasteiger partial charge is 0.306 e. The zero-order valence-electron chi connectivity index (χ0n) is 9.42. The van der Waals surface area contributed by atoms with Crippen LogP contribution in [0.1, 0.15) is 33.6 Å². The molecule has 1 heterocycles. The zero-order valence-corrected chi connectivity index (χ0v) is 9.42. The average molecular weight is 199 g/mol. The van der Waals surface area contributed by atoms with Crippen LogP contribution in [-0.4, -0.2) is 35.6 Å². The highest BCUT2D eigenvalue weighted by atomic mass is 16.4. The van der Waals surface area contributed by atoms with Crippen LogP contribution in [-0.2, 0) is 4.79 Å². The number of carbonyl (C=O) groups is 1. The predicted octanol–water partition coefficient (Wildman–Crippen LogP) is 1.83. The van der Waals surface area contributed by atoms with E-state index in [1.54, 1.807) is 6.92 Å². The molecule has 1 fully saturated rings. The van der Waals surface area contributed by atoms with Gasteiger partial charge in [0.25, 0.3) is 0 Å². The molecule has 3 heteroatoms. The van der Waals surface area contributed by atoms with Crippen LogP contribution in [0.15, 0.2) is 0 Å². The third-order valence-corrected chi connectivity index (χ3v) is 2.84. The molecular weight excluding hydrogens is 178 g/mol. The summed E-state index contributed by atoms with van der Waals surface area (Å²) >= 11 is 0. The fraction of sp³-hybridized carbons (Fsp3) is 0.909. The van der Waals surface area contributed by atoms with Gasteiger partial charge in [0.1, 0.15) is 0 Å². The van der Waals surface area contributed by atoms with Crippen LogP contribution in [0.25, 0.3) is 0 Å². The first kappa shape index (κ1) is 11.5. The molecule has 3 nitrogen and oxygen atoms in total. The largest absolute Gasteiger partial charge is 0.481 e. The maximum absolute atomic E-state index is 10.5. The van der Waals surface area contributed by atoms with Crippen molar-refractivity contribution in [3.05, 3.63) is 0 Å². The number of nitrogens with zero attached hydrogens (tertiary/aromatic N) is 1. The van der Waals surface area contributed by atoms with Gasteiger partial charge >= 0.3 is 5.97 Å². The van der Waals surface area contributed by atoms with Crippen molar-refractivity contribution in [1.29, 1.82) is 0 Å². The summed E-state index contributed by atoms with van der Waals surface area (Å²) in [6.45, 7) is 9.69. The van der Waals surface area contributed by atoms with Crippen molar-refractivity contribution in [1.82, 2.24) is 4.90 Å². The van der Waals surface area contributed by atoms with Crippen molar-refractivity contribution in [2.75, 3.05) is 19.6 Å². The molecule has 1 atom stereocenters. The summed E-state index contributed by atoms with van der Waals surface area (Å²) in [5.41, 5.74) is 0.485. The van der Waals surface area contributed by atoms with E-state index in [9.17, 15) is 4.79 Å². The van der Waals surface area contributed by atoms with Gasteiger partial charge in [0.15, 0.2) is 0 Å². The molecule has 0 aromatic carbocycles. The van der Waals surface area contributed by atoms with Gasteiger partial charge in [-0.3, -0.25) is 4.79 Å². The number of carboxylic acids is 1. The lowest BCUT2D eigenvalue weighted by Crippen LogP contribution is -2.52. The average Bonchev–Trinajstić information content (AvgIpc) is 2.00. The van der Waals surface area contributed by atoms with Crippen LogP contribution < -0.4 is 0 Å². The number of carboxylic acid groups (broad SMARTS) is 1. The van der Waals surface area contributed by atoms with E-state index in [-0.39, 0.29) is 5.92 Å². The van der Waals surface area contributed by atoms with Crippen molar-refractivity contribution in [2.45, 2.75) is 33.6 Å². The second-order valence-electron chi connectivity index (χ2n) is 5.26. The van der Waals surface area contributed by atoms with Gasteiger partial charge in [0.2, 0.25) is 0 Å². The molecule has 1 unspecified atom stereocenters. The highest BCUT2D eigenvalue weighted by Gasteiger charge is 2.33. The molecule has 1 N–H and O–H groups in total. The minimum Gasteiger partial charge on any atom is -0.481 e. The van der Waals surface area contributed by atoms with Crippen molar-refractivity contribution in [3.63, 3.8) is 0 Å². The van der Waals surface area contributed by atoms with E-state index in [0.29, 0.717) is 5.41 Å². The molecule has 1 rings (SSSR count). The number of hydrogen-bond donors (Lipinski definition) is 1. The van der Waals surface area contributed by atoms with E-state index in [0.717, 1.165) is 32.5 Å². The Morgan fingerprint density at radius 2 is 2.07 bits per heavy atom. The Kier molecular flexibility index (Phi) is 3.53. The molecule has 1 aliphatic rings. The first-order chi connectivity index (χ1) is 6.41. The molecule has 0 bridgehead atoms. The summed E-state index contributed by atoms with van der Waals surface area (Å²) in [7, 11) is 0. The van der Waals surface area contributed by atoms with Crippen LogP contribution in [0.3, 0.4) is 0 Å². The quantitative estimate of drug-likeness (QED) is 0.734. The maximum Gasteiger partial charge on any atom is 0.306 e. The van der Waals surface area contributed by atoms with Crippen LogP contribution >= 0.6 is 0 Å². The van der Waals surface area contributed by atoms with Gasteiger partial charge in [-0.15, -0.1) is 0 Å². The summed E-state index contributed by atoms with van der Waals surface area (Å²) in [5.74, 6) is -0.863. The molecule has 0 saturated carbocycles. The normalized spacial score (nSPS) is 22.8. The van der Waals surface area contributed by atoms with Gasteiger partial charge < -0.3 is 10.0 Å². The van der Waals surface area contributed by atoms with Gasteiger partial charge in [-0.1, -0.05) is 20.8 Å². The van der Waals surface area contributed by atoms with Crippen molar-refractivity contribution >= 4 is 5.97 Å². The summed E-state index contributed by atoms with van der Waals surface area (Å²) in [4.78, 5) is 12.9. The molecule has 0 radical (unpaired) electrons. The molecular formula is C11H21NO2. The molecule has 14 heavy (non-hydrogen) atoms. The minimum absolute atomic E-state index is 0.190. The highest BCUT2D eigenvalue weighted by molar-refractivity contribution is 5.69. The molecule has 0 spiro atoms. The van der Waals surface area contributed by atoms with Crippen LogP contribution in [0, 0.1) is 11.3 Å². The third-order valence-electron chi connectivity index (χ3n) is 2.84. The van der Waals surface area contributed by atoms with E-state index in [4.69, 9.17) is 5.11 Å². The van der Waals surface area contributed by atoms with E-state index in [1.165, 1.54) is 0 Å². The van der Waals surface area contributed by atoms with E-state index < -0.39 is 5.97 Å². The molecule has 0 amide bonds. The predicted molar refractivity (Wildman–Crippen MR) is 56.3 cm³/mol.